The third kappa shape index (κ3) is 3.25. The number of rotatable bonds is 4. The van der Waals surface area contributed by atoms with E-state index < -0.39 is 0 Å². The Morgan fingerprint density at radius 2 is 2.31 bits per heavy atom. The molecule has 1 aliphatic heterocycles. The fraction of sp³-hybridized carbons (Fsp3) is 1.00. The molecule has 78 valence electrons. The number of hydrogen-bond donors (Lipinski definition) is 1. The van der Waals surface area contributed by atoms with E-state index in [0.29, 0.717) is 12.6 Å². The summed E-state index contributed by atoms with van der Waals surface area (Å²) in [4.78, 5) is 2.26. The Labute approximate surface area is 80.7 Å². The summed E-state index contributed by atoms with van der Waals surface area (Å²) in [5, 5.41) is 9.67. The van der Waals surface area contributed by atoms with E-state index in [0.717, 1.165) is 19.6 Å². The summed E-state index contributed by atoms with van der Waals surface area (Å²) in [6.45, 7) is 4.56. The van der Waals surface area contributed by atoms with E-state index in [9.17, 15) is 5.11 Å². The average Bonchev–Trinajstić information content (AvgIpc) is 2.15. The van der Waals surface area contributed by atoms with Gasteiger partial charge in [-0.15, -0.1) is 0 Å². The van der Waals surface area contributed by atoms with Gasteiger partial charge in [0.25, 0.3) is 0 Å². The van der Waals surface area contributed by atoms with Crippen molar-refractivity contribution >= 4 is 0 Å². The summed E-state index contributed by atoms with van der Waals surface area (Å²) in [5.74, 6) is 0. The molecule has 2 unspecified atom stereocenters. The van der Waals surface area contributed by atoms with Gasteiger partial charge in [-0.1, -0.05) is 13.3 Å². The Hall–Kier alpha value is -0.120. The molecule has 1 heterocycles. The summed E-state index contributed by atoms with van der Waals surface area (Å²) in [7, 11) is 2.09. The van der Waals surface area contributed by atoms with Crippen LogP contribution in [-0.2, 0) is 4.74 Å². The number of hydrogen-bond acceptors (Lipinski definition) is 3. The molecule has 1 N–H and O–H groups in total. The van der Waals surface area contributed by atoms with Crippen LogP contribution in [0.4, 0.5) is 0 Å². The molecule has 0 aromatic carbocycles. The summed E-state index contributed by atoms with van der Waals surface area (Å²) in [5.41, 5.74) is 0. The van der Waals surface area contributed by atoms with Crippen LogP contribution in [0.3, 0.4) is 0 Å². The first-order chi connectivity index (χ1) is 6.25. The lowest BCUT2D eigenvalue weighted by Gasteiger charge is -2.35. The molecule has 3 nitrogen and oxygen atoms in total. The normalized spacial score (nSPS) is 29.5. The molecule has 1 fully saturated rings. The summed E-state index contributed by atoms with van der Waals surface area (Å²) >= 11 is 0. The minimum atomic E-state index is -0.296. The molecule has 1 rings (SSSR count). The van der Waals surface area contributed by atoms with E-state index in [1.165, 1.54) is 12.8 Å². The predicted octanol–water partition coefficient (Wildman–Crippen LogP) is 0.868. The second-order valence-corrected chi connectivity index (χ2v) is 3.83. The molecule has 3 heteroatoms. The molecule has 2 atom stereocenters. The second kappa shape index (κ2) is 5.58. The minimum absolute atomic E-state index is 0.296. The summed E-state index contributed by atoms with van der Waals surface area (Å²) in [6, 6.07) is 0.306. The van der Waals surface area contributed by atoms with Crippen molar-refractivity contribution in [1.82, 2.24) is 4.90 Å². The highest BCUT2D eigenvalue weighted by molar-refractivity contribution is 4.79. The van der Waals surface area contributed by atoms with Crippen molar-refractivity contribution < 1.29 is 9.84 Å². The van der Waals surface area contributed by atoms with Gasteiger partial charge in [0.15, 0.2) is 0 Å². The van der Waals surface area contributed by atoms with Crippen LogP contribution in [0.5, 0.6) is 0 Å². The van der Waals surface area contributed by atoms with Crippen LogP contribution < -0.4 is 0 Å². The monoisotopic (exact) mass is 187 g/mol. The third-order valence-corrected chi connectivity index (χ3v) is 2.72. The molecule has 0 aromatic heterocycles. The highest BCUT2D eigenvalue weighted by Gasteiger charge is 2.26. The molecule has 0 saturated carbocycles. The molecule has 0 spiro atoms. The zero-order valence-corrected chi connectivity index (χ0v) is 8.70. The van der Waals surface area contributed by atoms with E-state index in [-0.39, 0.29) is 6.10 Å². The highest BCUT2D eigenvalue weighted by Crippen LogP contribution is 2.13. The van der Waals surface area contributed by atoms with Crippen molar-refractivity contribution in [3.63, 3.8) is 0 Å². The molecule has 1 saturated heterocycles. The van der Waals surface area contributed by atoms with E-state index in [2.05, 4.69) is 18.9 Å². The van der Waals surface area contributed by atoms with E-state index in [1.54, 1.807) is 0 Å². The minimum Gasteiger partial charge on any atom is -0.389 e. The number of unbranched alkanes of at least 4 members (excludes halogenated alkanes) is 1. The molecule has 0 radical (unpaired) electrons. The van der Waals surface area contributed by atoms with Gasteiger partial charge < -0.3 is 14.7 Å². The largest absolute Gasteiger partial charge is 0.389 e. The van der Waals surface area contributed by atoms with Gasteiger partial charge in [0.2, 0.25) is 0 Å². The first-order valence-corrected chi connectivity index (χ1v) is 5.21. The summed E-state index contributed by atoms with van der Waals surface area (Å²) < 4.78 is 5.19. The maximum Gasteiger partial charge on any atom is 0.0929 e. The number of aliphatic hydroxyl groups is 1. The van der Waals surface area contributed by atoms with Gasteiger partial charge in [-0.3, -0.25) is 0 Å². The van der Waals surface area contributed by atoms with Crippen molar-refractivity contribution in [2.75, 3.05) is 26.8 Å². The van der Waals surface area contributed by atoms with Crippen molar-refractivity contribution in [1.29, 1.82) is 0 Å². The van der Waals surface area contributed by atoms with Crippen LogP contribution >= 0.6 is 0 Å². The Kier molecular flexibility index (Phi) is 4.70. The van der Waals surface area contributed by atoms with E-state index in [4.69, 9.17) is 4.74 Å². The van der Waals surface area contributed by atoms with E-state index >= 15 is 0 Å². The van der Waals surface area contributed by atoms with Crippen LogP contribution in [0.15, 0.2) is 0 Å². The zero-order valence-electron chi connectivity index (χ0n) is 8.70. The predicted molar refractivity (Wildman–Crippen MR) is 52.8 cm³/mol. The number of aliphatic hydroxyl groups excluding tert-OH is 1. The maximum atomic E-state index is 9.67. The van der Waals surface area contributed by atoms with Gasteiger partial charge in [0, 0.05) is 12.6 Å². The van der Waals surface area contributed by atoms with Crippen LogP contribution in [0.2, 0.25) is 0 Å². The Morgan fingerprint density at radius 3 is 2.92 bits per heavy atom. The molecular formula is C10H21NO2. The van der Waals surface area contributed by atoms with Gasteiger partial charge in [-0.2, -0.15) is 0 Å². The molecule has 0 bridgehead atoms. The first-order valence-electron chi connectivity index (χ1n) is 5.21. The zero-order chi connectivity index (χ0) is 9.68. The Balaban J connectivity index is 2.30. The van der Waals surface area contributed by atoms with Gasteiger partial charge in [-0.25, -0.2) is 0 Å². The lowest BCUT2D eigenvalue weighted by atomic mass is 10.0. The van der Waals surface area contributed by atoms with Crippen LogP contribution in [0, 0.1) is 0 Å². The van der Waals surface area contributed by atoms with Gasteiger partial charge in [0.1, 0.15) is 0 Å². The number of nitrogens with zero attached hydrogens (tertiary/aromatic N) is 1. The smallest absolute Gasteiger partial charge is 0.0929 e. The molecule has 0 amide bonds. The van der Waals surface area contributed by atoms with Crippen molar-refractivity contribution in [3.05, 3.63) is 0 Å². The van der Waals surface area contributed by atoms with Crippen molar-refractivity contribution in [3.8, 4) is 0 Å². The van der Waals surface area contributed by atoms with Gasteiger partial charge in [0.05, 0.1) is 12.7 Å². The topological polar surface area (TPSA) is 32.7 Å². The first kappa shape index (κ1) is 11.0. The molecule has 13 heavy (non-hydrogen) atoms. The van der Waals surface area contributed by atoms with Crippen LogP contribution in [0.1, 0.15) is 26.2 Å². The number of ether oxygens (including phenoxy) is 1. The second-order valence-electron chi connectivity index (χ2n) is 3.83. The third-order valence-electron chi connectivity index (χ3n) is 2.72. The van der Waals surface area contributed by atoms with Crippen LogP contribution in [0.25, 0.3) is 0 Å². The van der Waals surface area contributed by atoms with Gasteiger partial charge in [-0.05, 0) is 26.4 Å². The molecule has 0 aliphatic carbocycles. The highest BCUT2D eigenvalue weighted by atomic mass is 16.5. The summed E-state index contributed by atoms with van der Waals surface area (Å²) in [6.07, 6.45) is 3.08. The quantitative estimate of drug-likeness (QED) is 0.709. The molecular weight excluding hydrogens is 166 g/mol. The van der Waals surface area contributed by atoms with Crippen LogP contribution in [-0.4, -0.2) is 49.0 Å². The van der Waals surface area contributed by atoms with E-state index in [1.807, 2.05) is 0 Å². The average molecular weight is 187 g/mol. The molecule has 1 aliphatic rings. The fourth-order valence-electron chi connectivity index (χ4n) is 1.80. The Morgan fingerprint density at radius 1 is 1.54 bits per heavy atom. The number of likely N-dealkylation sites (N-methyl/N-ethyl adjacent to an activating group) is 1. The van der Waals surface area contributed by atoms with Gasteiger partial charge >= 0.3 is 0 Å². The molecule has 0 aromatic rings. The van der Waals surface area contributed by atoms with Crippen molar-refractivity contribution in [2.24, 2.45) is 0 Å². The fourth-order valence-corrected chi connectivity index (χ4v) is 1.80. The van der Waals surface area contributed by atoms with Crippen molar-refractivity contribution in [2.45, 2.75) is 38.3 Å². The lowest BCUT2D eigenvalue weighted by Crippen LogP contribution is -2.47. The standard InChI is InChI=1S/C10H21NO2/c1-3-4-6-11(2)9-5-7-13-8-10(9)12/h9-10,12H,3-8H2,1-2H3. The SMILES string of the molecule is CCCCN(C)C1CCOCC1O. The lowest BCUT2D eigenvalue weighted by molar-refractivity contribution is -0.0587. The Bertz CT molecular complexity index is 141. The maximum absolute atomic E-state index is 9.67.